The molecule has 0 aliphatic carbocycles. The first-order valence-corrected chi connectivity index (χ1v) is 10.3. The van der Waals surface area contributed by atoms with Gasteiger partial charge in [-0.25, -0.2) is 9.67 Å². The number of benzene rings is 2. The minimum absolute atomic E-state index is 0.339. The normalized spacial score (nSPS) is 17.7. The van der Waals surface area contributed by atoms with Crippen LogP contribution < -0.4 is 0 Å². The summed E-state index contributed by atoms with van der Waals surface area (Å²) in [7, 11) is 0. The second kappa shape index (κ2) is 6.99. The van der Waals surface area contributed by atoms with Crippen molar-refractivity contribution in [1.82, 2.24) is 24.2 Å². The van der Waals surface area contributed by atoms with Gasteiger partial charge in [-0.05, 0) is 49.3 Å². The highest BCUT2D eigenvalue weighted by molar-refractivity contribution is 7.71. The van der Waals surface area contributed by atoms with Crippen molar-refractivity contribution in [2.45, 2.75) is 25.6 Å². The largest absolute Gasteiger partial charge is 0.275 e. The molecule has 0 radical (unpaired) electrons. The lowest BCUT2D eigenvalue weighted by atomic mass is 10.2. The minimum atomic E-state index is 0.339. The third-order valence-electron chi connectivity index (χ3n) is 5.04. The highest BCUT2D eigenvalue weighted by Crippen LogP contribution is 2.36. The van der Waals surface area contributed by atoms with Crippen molar-refractivity contribution in [2.75, 3.05) is 6.54 Å². The predicted molar refractivity (Wildman–Crippen MR) is 111 cm³/mol. The minimum Gasteiger partial charge on any atom is -0.275 e. The molecule has 2 aromatic heterocycles. The molecule has 7 heteroatoms. The molecule has 1 aliphatic rings. The van der Waals surface area contributed by atoms with Gasteiger partial charge in [-0.1, -0.05) is 30.3 Å². The Morgan fingerprint density at radius 3 is 2.74 bits per heavy atom. The molecule has 2 aromatic carbocycles. The van der Waals surface area contributed by atoms with E-state index in [1.54, 1.807) is 17.7 Å². The number of para-hydroxylation sites is 2. The summed E-state index contributed by atoms with van der Waals surface area (Å²) in [6, 6.07) is 18.8. The van der Waals surface area contributed by atoms with E-state index in [2.05, 4.69) is 28.2 Å². The van der Waals surface area contributed by atoms with Gasteiger partial charge in [0.2, 0.25) is 4.77 Å². The molecule has 27 heavy (non-hydrogen) atoms. The molecular formula is C20H19N5S2. The topological polar surface area (TPSA) is 38.9 Å². The summed E-state index contributed by atoms with van der Waals surface area (Å²) in [5.41, 5.74) is 2.13. The Balaban J connectivity index is 1.42. The van der Waals surface area contributed by atoms with Crippen molar-refractivity contribution in [3.63, 3.8) is 0 Å². The zero-order valence-corrected chi connectivity index (χ0v) is 16.4. The lowest BCUT2D eigenvalue weighted by Crippen LogP contribution is -2.27. The standard InChI is InChI=1S/C20H19N5S2/c26-20-24(15-7-2-1-3-8-15)13-21-25(20)14-23-12-6-10-17(23)19-22-16-9-4-5-11-18(16)27-19/h1-5,7-9,11,13,17H,6,10,12,14H2/t17-/m0/s1. The van der Waals surface area contributed by atoms with Gasteiger partial charge in [0.05, 0.1) is 22.9 Å². The maximum Gasteiger partial charge on any atom is 0.203 e. The lowest BCUT2D eigenvalue weighted by molar-refractivity contribution is 0.190. The van der Waals surface area contributed by atoms with E-state index < -0.39 is 0 Å². The fraction of sp³-hybridized carbons (Fsp3) is 0.250. The van der Waals surface area contributed by atoms with E-state index in [9.17, 15) is 0 Å². The number of hydrogen-bond acceptors (Lipinski definition) is 5. The van der Waals surface area contributed by atoms with E-state index in [1.807, 2.05) is 45.6 Å². The van der Waals surface area contributed by atoms with Crippen LogP contribution in [0.15, 0.2) is 60.9 Å². The lowest BCUT2D eigenvalue weighted by Gasteiger charge is -2.22. The van der Waals surface area contributed by atoms with Crippen LogP contribution in [0.4, 0.5) is 0 Å². The molecule has 3 heterocycles. The van der Waals surface area contributed by atoms with Crippen LogP contribution >= 0.6 is 23.6 Å². The maximum atomic E-state index is 5.67. The summed E-state index contributed by atoms with van der Waals surface area (Å²) >= 11 is 7.47. The molecule has 1 atom stereocenters. The van der Waals surface area contributed by atoms with E-state index in [4.69, 9.17) is 17.2 Å². The Bertz CT molecular complexity index is 1090. The highest BCUT2D eigenvalue weighted by Gasteiger charge is 2.29. The summed E-state index contributed by atoms with van der Waals surface area (Å²) < 4.78 is 5.84. The molecule has 0 N–H and O–H groups in total. The number of rotatable bonds is 4. The zero-order valence-electron chi connectivity index (χ0n) is 14.7. The van der Waals surface area contributed by atoms with Gasteiger partial charge in [-0.3, -0.25) is 9.47 Å². The van der Waals surface area contributed by atoms with Gasteiger partial charge in [0.1, 0.15) is 11.3 Å². The van der Waals surface area contributed by atoms with Crippen LogP contribution in [-0.2, 0) is 6.67 Å². The Morgan fingerprint density at radius 1 is 1.07 bits per heavy atom. The summed E-state index contributed by atoms with van der Waals surface area (Å²) in [5, 5.41) is 5.74. The van der Waals surface area contributed by atoms with Crippen LogP contribution in [0.25, 0.3) is 15.9 Å². The second-order valence-corrected chi connectivity index (χ2v) is 8.18. The molecule has 0 amide bonds. The van der Waals surface area contributed by atoms with Crippen molar-refractivity contribution in [1.29, 1.82) is 0 Å². The average Bonchev–Trinajstić information content (AvgIpc) is 3.41. The number of likely N-dealkylation sites (tertiary alicyclic amines) is 1. The van der Waals surface area contributed by atoms with Gasteiger partial charge >= 0.3 is 0 Å². The Hall–Kier alpha value is -2.35. The monoisotopic (exact) mass is 393 g/mol. The van der Waals surface area contributed by atoms with E-state index in [-0.39, 0.29) is 0 Å². The molecule has 0 spiro atoms. The number of thiazole rings is 1. The summed E-state index contributed by atoms with van der Waals surface area (Å²) in [6.07, 6.45) is 4.11. The average molecular weight is 394 g/mol. The predicted octanol–water partition coefficient (Wildman–Crippen LogP) is 4.81. The first-order valence-electron chi connectivity index (χ1n) is 9.09. The molecular weight excluding hydrogens is 374 g/mol. The van der Waals surface area contributed by atoms with Crippen molar-refractivity contribution in [3.05, 3.63) is 70.7 Å². The van der Waals surface area contributed by atoms with Crippen molar-refractivity contribution >= 4 is 33.8 Å². The summed E-state index contributed by atoms with van der Waals surface area (Å²) in [6.45, 7) is 1.74. The summed E-state index contributed by atoms with van der Waals surface area (Å²) in [5.74, 6) is 0. The van der Waals surface area contributed by atoms with E-state index in [0.29, 0.717) is 12.7 Å². The van der Waals surface area contributed by atoms with Gasteiger partial charge in [0.25, 0.3) is 0 Å². The van der Waals surface area contributed by atoms with E-state index in [0.717, 1.165) is 28.9 Å². The quantitative estimate of drug-likeness (QED) is 0.467. The number of hydrogen-bond donors (Lipinski definition) is 0. The maximum absolute atomic E-state index is 5.67. The molecule has 1 aliphatic heterocycles. The van der Waals surface area contributed by atoms with Crippen molar-refractivity contribution in [2.24, 2.45) is 0 Å². The molecule has 136 valence electrons. The Kier molecular flexibility index (Phi) is 4.35. The molecule has 1 fully saturated rings. The van der Waals surface area contributed by atoms with Crippen LogP contribution in [0.2, 0.25) is 0 Å². The van der Waals surface area contributed by atoms with Crippen LogP contribution in [0, 0.1) is 4.77 Å². The van der Waals surface area contributed by atoms with Gasteiger partial charge in [0.15, 0.2) is 0 Å². The zero-order chi connectivity index (χ0) is 18.2. The van der Waals surface area contributed by atoms with Gasteiger partial charge < -0.3 is 0 Å². The Morgan fingerprint density at radius 2 is 1.89 bits per heavy atom. The van der Waals surface area contributed by atoms with Crippen LogP contribution in [-0.4, -0.2) is 30.8 Å². The summed E-state index contributed by atoms with van der Waals surface area (Å²) in [4.78, 5) is 7.32. The second-order valence-electron chi connectivity index (χ2n) is 6.75. The van der Waals surface area contributed by atoms with Crippen LogP contribution in [0.5, 0.6) is 0 Å². The molecule has 5 rings (SSSR count). The van der Waals surface area contributed by atoms with Crippen LogP contribution in [0.1, 0.15) is 23.9 Å². The van der Waals surface area contributed by atoms with E-state index >= 15 is 0 Å². The van der Waals surface area contributed by atoms with Crippen molar-refractivity contribution < 1.29 is 0 Å². The first-order chi connectivity index (χ1) is 13.3. The van der Waals surface area contributed by atoms with Gasteiger partial charge in [-0.15, -0.1) is 11.3 Å². The fourth-order valence-electron chi connectivity index (χ4n) is 3.68. The third kappa shape index (κ3) is 3.12. The molecule has 0 bridgehead atoms. The number of nitrogens with zero attached hydrogens (tertiary/aromatic N) is 5. The SMILES string of the molecule is S=c1n(-c2ccccc2)cnn1CN1CCC[C@H]1c1nc2ccccc2s1. The molecule has 0 saturated carbocycles. The highest BCUT2D eigenvalue weighted by atomic mass is 32.1. The Labute approximate surface area is 166 Å². The third-order valence-corrected chi connectivity index (χ3v) is 6.59. The van der Waals surface area contributed by atoms with Gasteiger partial charge in [0, 0.05) is 12.2 Å². The molecule has 5 nitrogen and oxygen atoms in total. The molecule has 4 aromatic rings. The first kappa shape index (κ1) is 16.8. The van der Waals surface area contributed by atoms with Crippen LogP contribution in [0.3, 0.4) is 0 Å². The molecule has 0 unspecified atom stereocenters. The number of aromatic nitrogens is 4. The van der Waals surface area contributed by atoms with E-state index in [1.165, 1.54) is 16.1 Å². The van der Waals surface area contributed by atoms with Gasteiger partial charge in [-0.2, -0.15) is 5.10 Å². The smallest absolute Gasteiger partial charge is 0.203 e. The van der Waals surface area contributed by atoms with Crippen molar-refractivity contribution in [3.8, 4) is 5.69 Å². The molecule has 1 saturated heterocycles. The fourth-order valence-corrected chi connectivity index (χ4v) is 5.07. The number of fused-ring (bicyclic) bond motifs is 1.